The highest BCUT2D eigenvalue weighted by Crippen LogP contribution is 2.30. The van der Waals surface area contributed by atoms with Crippen LogP contribution in [0.3, 0.4) is 0 Å². The van der Waals surface area contributed by atoms with Crippen molar-refractivity contribution >= 4 is 11.6 Å². The van der Waals surface area contributed by atoms with Crippen LogP contribution in [0.2, 0.25) is 0 Å². The molecule has 2 aromatic rings. The first kappa shape index (κ1) is 18.9. The van der Waals surface area contributed by atoms with E-state index in [0.29, 0.717) is 19.1 Å². The van der Waals surface area contributed by atoms with Gasteiger partial charge in [0, 0.05) is 5.69 Å². The summed E-state index contributed by atoms with van der Waals surface area (Å²) in [6.45, 7) is -0.497. The van der Waals surface area contributed by atoms with E-state index in [-0.39, 0.29) is 11.5 Å². The molecule has 3 N–H and O–H groups in total. The average molecular weight is 375 g/mol. The van der Waals surface area contributed by atoms with Crippen LogP contribution < -0.4 is 20.5 Å². The van der Waals surface area contributed by atoms with Gasteiger partial charge in [0.15, 0.2) is 17.5 Å². The fraction of sp³-hybridized carbons (Fsp3) is 0.350. The van der Waals surface area contributed by atoms with E-state index in [1.165, 1.54) is 23.6 Å². The highest BCUT2D eigenvalue weighted by molar-refractivity contribution is 5.92. The number of hydrogen-bond acceptors (Lipinski definition) is 3. The molecule has 0 aromatic heterocycles. The highest BCUT2D eigenvalue weighted by Gasteiger charge is 2.12. The molecule has 0 radical (unpaired) electrons. The summed E-state index contributed by atoms with van der Waals surface area (Å²) in [5, 5.41) is 3.09. The maximum Gasteiger partial charge on any atom is 0.387 e. The largest absolute Gasteiger partial charge is 0.490 e. The molecule has 27 heavy (non-hydrogen) atoms. The molecule has 1 aliphatic carbocycles. The van der Waals surface area contributed by atoms with Crippen molar-refractivity contribution in [3.63, 3.8) is 0 Å². The van der Waals surface area contributed by atoms with E-state index in [1.54, 1.807) is 19.1 Å². The van der Waals surface area contributed by atoms with Crippen LogP contribution in [0.1, 0.15) is 30.0 Å². The lowest BCUT2D eigenvalue weighted by atomic mass is 10.1. The van der Waals surface area contributed by atoms with Gasteiger partial charge < -0.3 is 20.5 Å². The van der Waals surface area contributed by atoms with E-state index >= 15 is 0 Å². The van der Waals surface area contributed by atoms with Crippen molar-refractivity contribution < 1.29 is 18.3 Å². The summed E-state index contributed by atoms with van der Waals surface area (Å²) in [4.78, 5) is 4.31. The number of hydrogen-bond donors (Lipinski definition) is 2. The number of benzene rings is 2. The van der Waals surface area contributed by atoms with Gasteiger partial charge in [-0.25, -0.2) is 4.99 Å². The SMILES string of the molecule is CCOc1cc(CN=C(N)Nc2ccc3c(c2)CCC3)ccc1OC(F)F. The molecule has 0 spiro atoms. The lowest BCUT2D eigenvalue weighted by Gasteiger charge is -2.12. The smallest absolute Gasteiger partial charge is 0.387 e. The molecule has 0 bridgehead atoms. The number of ether oxygens (including phenoxy) is 2. The number of halogens is 2. The van der Waals surface area contributed by atoms with Crippen LogP contribution in [0.25, 0.3) is 0 Å². The number of nitrogens with one attached hydrogen (secondary N) is 1. The third-order valence-corrected chi connectivity index (χ3v) is 4.33. The number of alkyl halides is 2. The predicted octanol–water partition coefficient (Wildman–Crippen LogP) is 4.10. The van der Waals surface area contributed by atoms with E-state index in [9.17, 15) is 8.78 Å². The fourth-order valence-electron chi connectivity index (χ4n) is 3.13. The summed E-state index contributed by atoms with van der Waals surface area (Å²) in [6, 6.07) is 11.0. The summed E-state index contributed by atoms with van der Waals surface area (Å²) in [6.07, 6.45) is 3.41. The number of anilines is 1. The van der Waals surface area contributed by atoms with Gasteiger partial charge in [0.05, 0.1) is 13.2 Å². The van der Waals surface area contributed by atoms with Gasteiger partial charge >= 0.3 is 6.61 Å². The van der Waals surface area contributed by atoms with Crippen LogP contribution in [-0.2, 0) is 19.4 Å². The quantitative estimate of drug-likeness (QED) is 0.565. The molecule has 0 saturated heterocycles. The summed E-state index contributed by atoms with van der Waals surface area (Å²) < 4.78 is 34.8. The molecule has 1 aliphatic rings. The second kappa shape index (κ2) is 8.70. The lowest BCUT2D eigenvalue weighted by Crippen LogP contribution is -2.22. The van der Waals surface area contributed by atoms with Crippen molar-refractivity contribution in [1.82, 2.24) is 0 Å². The third kappa shape index (κ3) is 5.09. The Bertz CT molecular complexity index is 825. The zero-order chi connectivity index (χ0) is 19.2. The van der Waals surface area contributed by atoms with Gasteiger partial charge in [-0.3, -0.25) is 0 Å². The molecule has 0 fully saturated rings. The molecular weight excluding hydrogens is 352 g/mol. The van der Waals surface area contributed by atoms with Gasteiger partial charge in [0.2, 0.25) is 0 Å². The van der Waals surface area contributed by atoms with E-state index < -0.39 is 6.61 Å². The standard InChI is InChI=1S/C20H23F2N3O2/c1-2-26-18-10-13(6-9-17(18)27-19(21)22)12-24-20(23)25-16-8-7-14-4-3-5-15(14)11-16/h6-11,19H,2-5,12H2,1H3,(H3,23,24,25). The molecule has 2 aromatic carbocycles. The first-order valence-electron chi connectivity index (χ1n) is 8.94. The molecule has 0 atom stereocenters. The second-order valence-corrected chi connectivity index (χ2v) is 6.26. The Morgan fingerprint density at radius 2 is 1.96 bits per heavy atom. The molecule has 3 rings (SSSR count). The van der Waals surface area contributed by atoms with E-state index in [0.717, 1.165) is 24.1 Å². The summed E-state index contributed by atoms with van der Waals surface area (Å²) in [5.74, 6) is 0.554. The Morgan fingerprint density at radius 1 is 1.15 bits per heavy atom. The number of nitrogens with zero attached hydrogens (tertiary/aromatic N) is 1. The molecule has 144 valence electrons. The van der Waals surface area contributed by atoms with Crippen molar-refractivity contribution in [2.45, 2.75) is 39.3 Å². The van der Waals surface area contributed by atoms with Gasteiger partial charge in [-0.2, -0.15) is 8.78 Å². The minimum atomic E-state index is -2.90. The number of fused-ring (bicyclic) bond motifs is 1. The van der Waals surface area contributed by atoms with Gasteiger partial charge in [-0.15, -0.1) is 0 Å². The Hall–Kier alpha value is -2.83. The molecular formula is C20H23F2N3O2. The molecule has 0 unspecified atom stereocenters. The predicted molar refractivity (Wildman–Crippen MR) is 102 cm³/mol. The minimum absolute atomic E-state index is 0.00353. The second-order valence-electron chi connectivity index (χ2n) is 6.26. The Morgan fingerprint density at radius 3 is 2.74 bits per heavy atom. The lowest BCUT2D eigenvalue weighted by molar-refractivity contribution is -0.0514. The molecule has 0 aliphatic heterocycles. The number of nitrogens with two attached hydrogens (primary N) is 1. The zero-order valence-electron chi connectivity index (χ0n) is 15.2. The summed E-state index contributed by atoms with van der Waals surface area (Å²) in [5.41, 5.74) is 10.4. The molecule has 7 heteroatoms. The highest BCUT2D eigenvalue weighted by atomic mass is 19.3. The topological polar surface area (TPSA) is 68.9 Å². The molecule has 0 amide bonds. The van der Waals surface area contributed by atoms with Crippen LogP contribution in [0.4, 0.5) is 14.5 Å². The Kier molecular flexibility index (Phi) is 6.11. The monoisotopic (exact) mass is 375 g/mol. The molecule has 0 heterocycles. The number of rotatable bonds is 7. The van der Waals surface area contributed by atoms with Crippen molar-refractivity contribution in [2.75, 3.05) is 11.9 Å². The summed E-state index contributed by atoms with van der Waals surface area (Å²) >= 11 is 0. The normalized spacial score (nSPS) is 13.6. The van der Waals surface area contributed by atoms with Gasteiger partial charge in [-0.1, -0.05) is 12.1 Å². The van der Waals surface area contributed by atoms with Crippen LogP contribution in [0, 0.1) is 0 Å². The number of guanidine groups is 1. The maximum absolute atomic E-state index is 12.5. The van der Waals surface area contributed by atoms with Crippen LogP contribution >= 0.6 is 0 Å². The van der Waals surface area contributed by atoms with Crippen molar-refractivity contribution in [3.8, 4) is 11.5 Å². The van der Waals surface area contributed by atoms with Crippen LogP contribution in [-0.4, -0.2) is 19.2 Å². The zero-order valence-corrected chi connectivity index (χ0v) is 15.2. The maximum atomic E-state index is 12.5. The van der Waals surface area contributed by atoms with E-state index in [2.05, 4.69) is 27.2 Å². The van der Waals surface area contributed by atoms with Gasteiger partial charge in [-0.05, 0) is 67.1 Å². The van der Waals surface area contributed by atoms with Crippen molar-refractivity contribution in [3.05, 3.63) is 53.1 Å². The van der Waals surface area contributed by atoms with Gasteiger partial charge in [0.1, 0.15) is 0 Å². The molecule has 5 nitrogen and oxygen atoms in total. The van der Waals surface area contributed by atoms with Crippen LogP contribution in [0.5, 0.6) is 11.5 Å². The number of aryl methyl sites for hydroxylation is 2. The third-order valence-electron chi connectivity index (χ3n) is 4.33. The van der Waals surface area contributed by atoms with E-state index in [1.807, 2.05) is 6.07 Å². The van der Waals surface area contributed by atoms with Crippen molar-refractivity contribution in [1.29, 1.82) is 0 Å². The number of aliphatic imine (C=N–C) groups is 1. The Labute approximate surface area is 157 Å². The first-order chi connectivity index (χ1) is 13.0. The Balaban J connectivity index is 1.66. The van der Waals surface area contributed by atoms with Crippen molar-refractivity contribution in [2.24, 2.45) is 10.7 Å². The minimum Gasteiger partial charge on any atom is -0.490 e. The summed E-state index contributed by atoms with van der Waals surface area (Å²) in [7, 11) is 0. The van der Waals surface area contributed by atoms with E-state index in [4.69, 9.17) is 10.5 Å². The first-order valence-corrected chi connectivity index (χ1v) is 8.94. The average Bonchev–Trinajstić information content (AvgIpc) is 3.09. The molecule has 0 saturated carbocycles. The van der Waals surface area contributed by atoms with Gasteiger partial charge in [0.25, 0.3) is 0 Å². The van der Waals surface area contributed by atoms with Crippen LogP contribution in [0.15, 0.2) is 41.4 Å². The fourth-order valence-corrected chi connectivity index (χ4v) is 3.13.